The molecule has 5 heterocycles. The minimum Gasteiger partial charge on any atom is -0.479 e. The number of aliphatic carboxylic acids is 1. The number of hydrogen-bond acceptors (Lipinski definition) is 26. The summed E-state index contributed by atoms with van der Waals surface area (Å²) in [6.45, 7) is -3.71. The third kappa shape index (κ3) is 9.78. The monoisotopic (exact) mass is 854 g/mol. The Labute approximate surface area is 326 Å². The highest BCUT2D eigenvalue weighted by molar-refractivity contribution is 5.83. The zero-order chi connectivity index (χ0) is 42.9. The van der Waals surface area contributed by atoms with Crippen LogP contribution in [0.15, 0.2) is 0 Å². The average Bonchev–Trinajstić information content (AvgIpc) is 3.19. The first-order valence-electron chi connectivity index (χ1n) is 17.9. The van der Waals surface area contributed by atoms with E-state index in [1.807, 2.05) is 0 Å². The fourth-order valence-electron chi connectivity index (χ4n) is 6.94. The van der Waals surface area contributed by atoms with Crippen molar-refractivity contribution in [1.29, 1.82) is 0 Å². The molecule has 58 heavy (non-hydrogen) atoms. The number of rotatable bonds is 14. The van der Waals surface area contributed by atoms with E-state index < -0.39 is 192 Å². The maximum Gasteiger partial charge on any atom is 0.335 e. The molecule has 0 aromatic carbocycles. The Morgan fingerprint density at radius 1 is 0.552 bits per heavy atom. The lowest BCUT2D eigenvalue weighted by atomic mass is 9.96. The van der Waals surface area contributed by atoms with Gasteiger partial charge in [-0.05, 0) is 0 Å². The van der Waals surface area contributed by atoms with E-state index in [1.165, 1.54) is 0 Å². The molecule has 27 nitrogen and oxygen atoms in total. The first-order valence-corrected chi connectivity index (χ1v) is 17.9. The molecule has 0 aromatic heterocycles. The normalized spacial score (nSPS) is 49.7. The van der Waals surface area contributed by atoms with Crippen LogP contribution in [0.3, 0.4) is 0 Å². The number of carbonyl (C=O) groups is 2. The van der Waals surface area contributed by atoms with Crippen molar-refractivity contribution < 1.29 is 134 Å². The van der Waals surface area contributed by atoms with Gasteiger partial charge in [0.15, 0.2) is 37.0 Å². The standard InChI is InChI=1S/C31H50O27/c32-2-8-12(37)16(41)19(44)28(51-8)56-23-15(40)11(54-30(21(23)46)58-25(26(47)48)22-6(35)1-7(36)27(49)55-22)5-50-31-24(18(43)14(39)10(4-34)53-31)57-29-20(45)17(42)13(38)9(3-33)52-29/h6,8-25,27-35,37-46,49H,1-5H2,(H,47,48)/t6-,8+,9+,10+,11+,12+,13+,14+,15+,16-,17-,18-,19+,20+,21+,22-,23-,24+,25?,27+,28-,29+,30+,31+/m0/s1. The number of ether oxygens (including phenoxy) is 9. The summed E-state index contributed by atoms with van der Waals surface area (Å²) >= 11 is 0. The highest BCUT2D eigenvalue weighted by Crippen LogP contribution is 2.34. The Balaban J connectivity index is 1.41. The minimum atomic E-state index is -2.35. The Hall–Kier alpha value is -1.82. The lowest BCUT2D eigenvalue weighted by Gasteiger charge is -2.48. The molecule has 0 spiro atoms. The largest absolute Gasteiger partial charge is 0.479 e. The molecule has 5 saturated heterocycles. The first-order chi connectivity index (χ1) is 27.3. The van der Waals surface area contributed by atoms with Gasteiger partial charge >= 0.3 is 5.97 Å². The maximum absolute atomic E-state index is 12.4. The first kappa shape index (κ1) is 47.2. The van der Waals surface area contributed by atoms with Gasteiger partial charge in [-0.25, -0.2) is 4.79 Å². The molecule has 1 unspecified atom stereocenters. The summed E-state index contributed by atoms with van der Waals surface area (Å²) in [6.07, 6.45) is -48.1. The summed E-state index contributed by atoms with van der Waals surface area (Å²) in [5.41, 5.74) is 0. The van der Waals surface area contributed by atoms with Crippen LogP contribution in [0, 0.1) is 0 Å². The van der Waals surface area contributed by atoms with Crippen molar-refractivity contribution in [1.82, 2.24) is 0 Å². The smallest absolute Gasteiger partial charge is 0.335 e. The topological polar surface area (TPSA) is 441 Å². The third-order valence-corrected chi connectivity index (χ3v) is 10.3. The molecule has 336 valence electrons. The Morgan fingerprint density at radius 3 is 1.52 bits per heavy atom. The van der Waals surface area contributed by atoms with Crippen molar-refractivity contribution >= 4 is 11.8 Å². The molecule has 0 radical (unpaired) electrons. The van der Waals surface area contributed by atoms with Crippen LogP contribution >= 0.6 is 0 Å². The van der Waals surface area contributed by atoms with Gasteiger partial charge in [0.25, 0.3) is 0 Å². The van der Waals surface area contributed by atoms with Crippen molar-refractivity contribution in [3.8, 4) is 0 Å². The van der Waals surface area contributed by atoms with E-state index in [1.54, 1.807) is 0 Å². The fraction of sp³-hybridized carbons (Fsp3) is 0.935. The zero-order valence-electron chi connectivity index (χ0n) is 30.0. The summed E-state index contributed by atoms with van der Waals surface area (Å²) in [5, 5.41) is 166. The van der Waals surface area contributed by atoms with E-state index in [4.69, 9.17) is 42.6 Å². The molecule has 5 aliphatic rings. The lowest BCUT2D eigenvalue weighted by Crippen LogP contribution is -2.66. The summed E-state index contributed by atoms with van der Waals surface area (Å²) in [7, 11) is 0. The molecule has 0 aliphatic carbocycles. The number of carboxylic acids is 1. The van der Waals surface area contributed by atoms with E-state index in [-0.39, 0.29) is 0 Å². The number of carboxylic acid groups (broad SMARTS) is 1. The van der Waals surface area contributed by atoms with Crippen LogP contribution in [0.5, 0.6) is 0 Å². The van der Waals surface area contributed by atoms with Crippen LogP contribution in [-0.2, 0) is 52.2 Å². The number of carbonyl (C=O) groups excluding carboxylic acids is 1. The minimum absolute atomic E-state index is 0.784. The van der Waals surface area contributed by atoms with Gasteiger partial charge in [-0.1, -0.05) is 0 Å². The zero-order valence-corrected chi connectivity index (χ0v) is 30.0. The average molecular weight is 855 g/mol. The van der Waals surface area contributed by atoms with Gasteiger partial charge in [0.05, 0.1) is 32.5 Å². The van der Waals surface area contributed by atoms with Gasteiger partial charge in [-0.15, -0.1) is 0 Å². The molecule has 5 rings (SSSR count). The van der Waals surface area contributed by atoms with E-state index in [9.17, 15) is 91.3 Å². The van der Waals surface area contributed by atoms with Crippen molar-refractivity contribution in [3.63, 3.8) is 0 Å². The van der Waals surface area contributed by atoms with Gasteiger partial charge in [0.2, 0.25) is 6.29 Å². The van der Waals surface area contributed by atoms with E-state index in [2.05, 4.69) is 0 Å². The van der Waals surface area contributed by atoms with Crippen molar-refractivity contribution in [2.45, 2.75) is 154 Å². The molecule has 16 N–H and O–H groups in total. The van der Waals surface area contributed by atoms with Crippen LogP contribution < -0.4 is 0 Å². The van der Waals surface area contributed by atoms with Crippen molar-refractivity contribution in [2.24, 2.45) is 0 Å². The van der Waals surface area contributed by atoms with E-state index in [0.29, 0.717) is 0 Å². The SMILES string of the molecule is O=C(O)C(O[C@H]1O[C@H](CO[C@@H]2O[C@H](CO)[C@@H](O)[C@H](O)[C@H]2O[C@H]2O[C@H](CO)[C@@H](O)[C@H](O)[C@H]2O)[C@@H](O)[C@H](O[C@@H]2O[C@H](CO)[C@@H](O)[C@H](O)[C@H]2O)[C@H]1O)[C@H]1O[C@@H](O)C(=O)C[C@@H]1O. The quantitative estimate of drug-likeness (QED) is 0.0771. The second-order valence-electron chi connectivity index (χ2n) is 14.2. The summed E-state index contributed by atoms with van der Waals surface area (Å²) in [4.78, 5) is 24.2. The maximum atomic E-state index is 12.4. The van der Waals surface area contributed by atoms with Crippen LogP contribution in [0.25, 0.3) is 0 Å². The fourth-order valence-corrected chi connectivity index (χ4v) is 6.94. The number of ketones is 1. The van der Waals surface area contributed by atoms with Crippen LogP contribution in [0.2, 0.25) is 0 Å². The van der Waals surface area contributed by atoms with Gasteiger partial charge in [0.1, 0.15) is 104 Å². The van der Waals surface area contributed by atoms with Crippen LogP contribution in [0.1, 0.15) is 6.42 Å². The van der Waals surface area contributed by atoms with Gasteiger partial charge in [0, 0.05) is 6.42 Å². The molecule has 0 aromatic rings. The molecule has 5 fully saturated rings. The molecule has 0 amide bonds. The van der Waals surface area contributed by atoms with Crippen LogP contribution in [0.4, 0.5) is 0 Å². The molecular weight excluding hydrogens is 804 g/mol. The molecular formula is C31H50O27. The highest BCUT2D eigenvalue weighted by atomic mass is 16.8. The predicted octanol–water partition coefficient (Wildman–Crippen LogP) is -11.2. The summed E-state index contributed by atoms with van der Waals surface area (Å²) < 4.78 is 49.1. The van der Waals surface area contributed by atoms with Crippen molar-refractivity contribution in [2.75, 3.05) is 26.4 Å². The predicted molar refractivity (Wildman–Crippen MR) is 171 cm³/mol. The Kier molecular flexibility index (Phi) is 16.2. The number of Topliss-reactive ketones (excluding diaryl/α,β-unsaturated/α-hetero) is 1. The van der Waals surface area contributed by atoms with Crippen LogP contribution in [-0.4, -0.2) is 267 Å². The second-order valence-corrected chi connectivity index (χ2v) is 14.2. The number of hydrogen-bond donors (Lipinski definition) is 16. The highest BCUT2D eigenvalue weighted by Gasteiger charge is 2.55. The Morgan fingerprint density at radius 2 is 1.02 bits per heavy atom. The summed E-state index contributed by atoms with van der Waals surface area (Å²) in [6, 6.07) is 0. The van der Waals surface area contributed by atoms with Gasteiger partial charge in [-0.3, -0.25) is 4.79 Å². The van der Waals surface area contributed by atoms with Gasteiger partial charge < -0.3 is 124 Å². The molecule has 5 aliphatic heterocycles. The third-order valence-electron chi connectivity index (χ3n) is 10.3. The number of aliphatic hydroxyl groups excluding tert-OH is 15. The molecule has 27 heteroatoms. The lowest BCUT2D eigenvalue weighted by molar-refractivity contribution is -0.382. The number of aliphatic hydroxyl groups is 15. The second kappa shape index (κ2) is 19.9. The van der Waals surface area contributed by atoms with Gasteiger partial charge in [-0.2, -0.15) is 0 Å². The molecule has 0 bridgehead atoms. The summed E-state index contributed by atoms with van der Waals surface area (Å²) in [5.74, 6) is -2.90. The Bertz CT molecular complexity index is 1340. The van der Waals surface area contributed by atoms with Crippen molar-refractivity contribution in [3.05, 3.63) is 0 Å². The van der Waals surface area contributed by atoms with E-state index >= 15 is 0 Å². The molecule has 24 atom stereocenters. The molecule has 0 saturated carbocycles. The van der Waals surface area contributed by atoms with E-state index in [0.717, 1.165) is 0 Å².